The lowest BCUT2D eigenvalue weighted by Gasteiger charge is -2.19. The van der Waals surface area contributed by atoms with Gasteiger partial charge in [0.25, 0.3) is 0 Å². The first-order valence-corrected chi connectivity index (χ1v) is 8.65. The minimum atomic E-state index is -0.471. The number of hydrogen-bond acceptors (Lipinski definition) is 6. The van der Waals surface area contributed by atoms with Crippen LogP contribution < -0.4 is 10.2 Å². The number of anilines is 3. The van der Waals surface area contributed by atoms with Crippen molar-refractivity contribution < 1.29 is 9.53 Å². The van der Waals surface area contributed by atoms with Gasteiger partial charge in [0.2, 0.25) is 0 Å². The van der Waals surface area contributed by atoms with Gasteiger partial charge < -0.3 is 15.0 Å². The molecule has 2 heterocycles. The second-order valence-electron chi connectivity index (χ2n) is 5.45. The van der Waals surface area contributed by atoms with Crippen molar-refractivity contribution in [3.63, 3.8) is 0 Å². The van der Waals surface area contributed by atoms with Crippen LogP contribution in [0, 0.1) is 6.92 Å². The van der Waals surface area contributed by atoms with E-state index in [-0.39, 0.29) is 5.15 Å². The highest BCUT2D eigenvalue weighted by atomic mass is 35.5. The number of hydrogen-bond donors (Lipinski definition) is 1. The summed E-state index contributed by atoms with van der Waals surface area (Å²) in [5.41, 5.74) is 3.33. The first-order chi connectivity index (χ1) is 11.1. The Morgan fingerprint density at radius 1 is 1.39 bits per heavy atom. The molecule has 0 aliphatic carbocycles. The van der Waals surface area contributed by atoms with Crippen molar-refractivity contribution in [2.24, 2.45) is 0 Å². The molecular weight excluding hydrogens is 334 g/mol. The monoisotopic (exact) mass is 351 g/mol. The van der Waals surface area contributed by atoms with Gasteiger partial charge in [0.05, 0.1) is 7.11 Å². The lowest BCUT2D eigenvalue weighted by atomic mass is 10.1. The van der Waals surface area contributed by atoms with E-state index in [0.29, 0.717) is 10.0 Å². The van der Waals surface area contributed by atoms with E-state index >= 15 is 0 Å². The second-order valence-corrected chi connectivity index (χ2v) is 6.81. The lowest BCUT2D eigenvalue weighted by molar-refractivity contribution is 0.0606. The van der Waals surface area contributed by atoms with Gasteiger partial charge in [-0.2, -0.15) is 0 Å². The van der Waals surface area contributed by atoms with Gasteiger partial charge in [-0.1, -0.05) is 22.9 Å². The van der Waals surface area contributed by atoms with E-state index in [0.717, 1.165) is 24.3 Å². The number of carbonyl (C=O) groups is 1. The van der Waals surface area contributed by atoms with Gasteiger partial charge in [-0.3, -0.25) is 0 Å². The van der Waals surface area contributed by atoms with Gasteiger partial charge in [0.15, 0.2) is 15.2 Å². The smallest absolute Gasteiger partial charge is 0.351 e. The van der Waals surface area contributed by atoms with E-state index in [9.17, 15) is 4.79 Å². The summed E-state index contributed by atoms with van der Waals surface area (Å²) in [4.78, 5) is 18.5. The maximum absolute atomic E-state index is 11.6. The molecule has 1 N–H and O–H groups in total. The first-order valence-electron chi connectivity index (χ1n) is 7.46. The van der Waals surface area contributed by atoms with Crippen molar-refractivity contribution in [3.8, 4) is 0 Å². The molecule has 0 spiro atoms. The van der Waals surface area contributed by atoms with Crippen molar-refractivity contribution >= 4 is 45.4 Å². The molecule has 122 valence electrons. The zero-order chi connectivity index (χ0) is 16.4. The predicted octanol–water partition coefficient (Wildman–Crippen LogP) is 4.24. The van der Waals surface area contributed by atoms with Crippen LogP contribution in [0.1, 0.15) is 28.1 Å². The van der Waals surface area contributed by atoms with Crippen molar-refractivity contribution in [3.05, 3.63) is 33.8 Å². The number of thiazole rings is 1. The molecule has 2 aromatic rings. The maximum atomic E-state index is 11.6. The standard InChI is InChI=1S/C16H18ClN3O2S/c1-10-9-11(20-7-3-4-8-20)5-6-12(10)18-16-19-14(17)13(23-16)15(21)22-2/h5-6,9H,3-4,7-8H2,1-2H3,(H,18,19). The second kappa shape index (κ2) is 6.76. The minimum Gasteiger partial charge on any atom is -0.465 e. The predicted molar refractivity (Wildman–Crippen MR) is 94.4 cm³/mol. The number of rotatable bonds is 4. The molecule has 1 aliphatic rings. The van der Waals surface area contributed by atoms with E-state index in [1.165, 1.54) is 37.0 Å². The average molecular weight is 352 g/mol. The Morgan fingerprint density at radius 3 is 2.78 bits per heavy atom. The van der Waals surface area contributed by atoms with Crippen molar-refractivity contribution in [2.75, 3.05) is 30.4 Å². The summed E-state index contributed by atoms with van der Waals surface area (Å²) >= 11 is 7.17. The number of nitrogens with one attached hydrogen (secondary N) is 1. The van der Waals surface area contributed by atoms with Crippen LogP contribution in [0.5, 0.6) is 0 Å². The molecule has 0 bridgehead atoms. The molecule has 1 aromatic heterocycles. The van der Waals surface area contributed by atoms with Gasteiger partial charge in [-0.25, -0.2) is 9.78 Å². The Bertz CT molecular complexity index is 726. The van der Waals surface area contributed by atoms with E-state index in [4.69, 9.17) is 16.3 Å². The molecule has 0 atom stereocenters. The Balaban J connectivity index is 1.79. The fourth-order valence-electron chi connectivity index (χ4n) is 2.65. The van der Waals surface area contributed by atoms with Gasteiger partial charge in [0, 0.05) is 24.5 Å². The number of aromatic nitrogens is 1. The molecule has 5 nitrogen and oxygen atoms in total. The lowest BCUT2D eigenvalue weighted by Crippen LogP contribution is -2.17. The fraction of sp³-hybridized carbons (Fsp3) is 0.375. The number of halogens is 1. The molecule has 0 unspecified atom stereocenters. The van der Waals surface area contributed by atoms with E-state index in [1.54, 1.807) is 0 Å². The Hall–Kier alpha value is -1.79. The first kappa shape index (κ1) is 16.1. The summed E-state index contributed by atoms with van der Waals surface area (Å²) in [5, 5.41) is 3.97. The van der Waals surface area contributed by atoms with E-state index < -0.39 is 5.97 Å². The molecule has 1 aromatic carbocycles. The SMILES string of the molecule is COC(=O)c1sc(Nc2ccc(N3CCCC3)cc2C)nc1Cl. The highest BCUT2D eigenvalue weighted by Crippen LogP contribution is 2.32. The number of nitrogens with zero attached hydrogens (tertiary/aromatic N) is 2. The van der Waals surface area contributed by atoms with Gasteiger partial charge in [0.1, 0.15) is 0 Å². The van der Waals surface area contributed by atoms with Crippen LogP contribution in [-0.4, -0.2) is 31.2 Å². The summed E-state index contributed by atoms with van der Waals surface area (Å²) in [7, 11) is 1.33. The van der Waals surface area contributed by atoms with Crippen molar-refractivity contribution in [1.29, 1.82) is 0 Å². The van der Waals surface area contributed by atoms with Crippen molar-refractivity contribution in [1.82, 2.24) is 4.98 Å². The van der Waals surface area contributed by atoms with Crippen LogP contribution in [0.25, 0.3) is 0 Å². The third kappa shape index (κ3) is 3.43. The molecule has 7 heteroatoms. The molecule has 0 radical (unpaired) electrons. The largest absolute Gasteiger partial charge is 0.465 e. The summed E-state index contributed by atoms with van der Waals surface area (Å²) in [6.07, 6.45) is 2.51. The van der Waals surface area contributed by atoms with Crippen LogP contribution in [0.3, 0.4) is 0 Å². The Morgan fingerprint density at radius 2 is 2.13 bits per heavy atom. The number of carbonyl (C=O) groups excluding carboxylic acids is 1. The van der Waals surface area contributed by atoms with Crippen LogP contribution in [-0.2, 0) is 4.74 Å². The zero-order valence-electron chi connectivity index (χ0n) is 13.1. The van der Waals surface area contributed by atoms with Crippen molar-refractivity contribution in [2.45, 2.75) is 19.8 Å². The molecule has 0 saturated carbocycles. The molecule has 1 fully saturated rings. The average Bonchev–Trinajstić information content (AvgIpc) is 3.18. The van der Waals surface area contributed by atoms with Gasteiger partial charge in [-0.15, -0.1) is 0 Å². The fourth-order valence-corrected chi connectivity index (χ4v) is 3.76. The zero-order valence-corrected chi connectivity index (χ0v) is 14.6. The number of esters is 1. The Labute approximate surface area is 144 Å². The van der Waals surface area contributed by atoms with Crippen LogP contribution in [0.4, 0.5) is 16.5 Å². The topological polar surface area (TPSA) is 54.5 Å². The normalized spacial score (nSPS) is 14.1. The van der Waals surface area contributed by atoms with E-state index in [1.807, 2.05) is 6.07 Å². The summed E-state index contributed by atoms with van der Waals surface area (Å²) < 4.78 is 4.69. The van der Waals surface area contributed by atoms with Crippen LogP contribution >= 0.6 is 22.9 Å². The molecular formula is C16H18ClN3O2S. The molecule has 3 rings (SSSR count). The van der Waals surface area contributed by atoms with Crippen LogP contribution in [0.2, 0.25) is 5.15 Å². The quantitative estimate of drug-likeness (QED) is 0.835. The van der Waals surface area contributed by atoms with Crippen LogP contribution in [0.15, 0.2) is 18.2 Å². The number of methoxy groups -OCH3 is 1. The highest BCUT2D eigenvalue weighted by molar-refractivity contribution is 7.18. The maximum Gasteiger partial charge on any atom is 0.351 e. The third-order valence-corrected chi connectivity index (χ3v) is 5.22. The van der Waals surface area contributed by atoms with E-state index in [2.05, 4.69) is 34.3 Å². The number of ether oxygens (including phenoxy) is 1. The molecule has 1 saturated heterocycles. The highest BCUT2D eigenvalue weighted by Gasteiger charge is 2.18. The summed E-state index contributed by atoms with van der Waals surface area (Å²) in [5.74, 6) is -0.471. The number of aryl methyl sites for hydroxylation is 1. The summed E-state index contributed by atoms with van der Waals surface area (Å²) in [6, 6.07) is 6.32. The molecule has 1 aliphatic heterocycles. The Kier molecular flexibility index (Phi) is 4.73. The molecule has 0 amide bonds. The van der Waals surface area contributed by atoms with Gasteiger partial charge >= 0.3 is 5.97 Å². The number of benzene rings is 1. The van der Waals surface area contributed by atoms with Gasteiger partial charge in [-0.05, 0) is 43.5 Å². The summed E-state index contributed by atoms with van der Waals surface area (Å²) in [6.45, 7) is 4.30. The molecule has 23 heavy (non-hydrogen) atoms. The minimum absolute atomic E-state index is 0.163. The third-order valence-electron chi connectivity index (χ3n) is 3.88.